The van der Waals surface area contributed by atoms with E-state index in [-0.39, 0.29) is 24.5 Å². The highest BCUT2D eigenvalue weighted by molar-refractivity contribution is 7.91. The normalized spacial score (nSPS) is 20.9. The summed E-state index contributed by atoms with van der Waals surface area (Å²) < 4.78 is 33.4. The maximum Gasteiger partial charge on any atom is 0.252 e. The minimum Gasteiger partial charge on any atom is -0.474 e. The fourth-order valence-electron chi connectivity index (χ4n) is 4.07. The van der Waals surface area contributed by atoms with Crippen LogP contribution in [-0.4, -0.2) is 42.8 Å². The van der Waals surface area contributed by atoms with Gasteiger partial charge in [-0.3, -0.25) is 4.79 Å². The number of hydrogen-bond acceptors (Lipinski definition) is 6. The van der Waals surface area contributed by atoms with Crippen LogP contribution in [-0.2, 0) is 21.4 Å². The lowest BCUT2D eigenvalue weighted by atomic mass is 9.99. The van der Waals surface area contributed by atoms with Gasteiger partial charge in [0.1, 0.15) is 10.3 Å². The van der Waals surface area contributed by atoms with Crippen molar-refractivity contribution in [3.05, 3.63) is 41.4 Å². The van der Waals surface area contributed by atoms with Crippen LogP contribution in [0.3, 0.4) is 0 Å². The Morgan fingerprint density at radius 2 is 2.03 bits per heavy atom. The van der Waals surface area contributed by atoms with Crippen LogP contribution in [0, 0.1) is 5.92 Å². The Bertz CT molecular complexity index is 956. The quantitative estimate of drug-likeness (QED) is 0.701. The van der Waals surface area contributed by atoms with E-state index in [1.807, 2.05) is 12.1 Å². The van der Waals surface area contributed by atoms with E-state index in [0.29, 0.717) is 36.0 Å². The van der Waals surface area contributed by atoms with Crippen molar-refractivity contribution in [1.82, 2.24) is 14.6 Å². The number of amides is 1. The van der Waals surface area contributed by atoms with Gasteiger partial charge >= 0.3 is 0 Å². The molecule has 1 amide bonds. The number of nitrogens with zero attached hydrogens (tertiary/aromatic N) is 2. The monoisotopic (exact) mass is 449 g/mol. The van der Waals surface area contributed by atoms with Crippen molar-refractivity contribution in [2.24, 2.45) is 5.92 Å². The lowest BCUT2D eigenvalue weighted by molar-refractivity contribution is -0.126. The molecule has 9 heteroatoms. The first-order valence-electron chi connectivity index (χ1n) is 10.5. The number of carbonyl (C=O) groups is 1. The molecule has 0 spiro atoms. The van der Waals surface area contributed by atoms with Gasteiger partial charge in [0, 0.05) is 31.4 Å². The minimum absolute atomic E-state index is 0.128. The zero-order valence-electron chi connectivity index (χ0n) is 16.8. The molecule has 1 aliphatic carbocycles. The van der Waals surface area contributed by atoms with Gasteiger partial charge in [-0.15, -0.1) is 11.3 Å². The van der Waals surface area contributed by atoms with Crippen molar-refractivity contribution in [3.8, 4) is 5.88 Å². The van der Waals surface area contributed by atoms with Crippen LogP contribution in [0.15, 0.2) is 40.1 Å². The van der Waals surface area contributed by atoms with Gasteiger partial charge in [0.05, 0.1) is 5.92 Å². The third-order valence-electron chi connectivity index (χ3n) is 5.73. The third kappa shape index (κ3) is 4.84. The molecule has 2 aliphatic rings. The predicted octanol–water partition coefficient (Wildman–Crippen LogP) is 3.18. The lowest BCUT2D eigenvalue weighted by Gasteiger charge is -2.30. The van der Waals surface area contributed by atoms with Gasteiger partial charge in [0.25, 0.3) is 10.0 Å². The molecule has 4 rings (SSSR count). The average Bonchev–Trinajstić information content (AvgIpc) is 3.48. The Balaban J connectivity index is 1.36. The molecule has 1 saturated heterocycles. The summed E-state index contributed by atoms with van der Waals surface area (Å²) in [5.41, 5.74) is 0.844. The standard InChI is InChI=1S/C21H27N3O4S2/c25-20(17-7-4-12-24(15-17)30(26,27)19-10-5-13-29-19)23-14-16-6-3-11-22-21(16)28-18-8-1-2-9-18/h3,5-6,10-11,13,17-18H,1-2,4,7-9,12,14-15H2,(H,23,25). The number of nitrogens with one attached hydrogen (secondary N) is 1. The minimum atomic E-state index is -3.53. The molecule has 7 nitrogen and oxygen atoms in total. The summed E-state index contributed by atoms with van der Waals surface area (Å²) in [4.78, 5) is 17.1. The number of sulfonamides is 1. The number of hydrogen-bond donors (Lipinski definition) is 1. The van der Waals surface area contributed by atoms with Crippen LogP contribution < -0.4 is 10.1 Å². The summed E-state index contributed by atoms with van der Waals surface area (Å²) >= 11 is 1.20. The highest BCUT2D eigenvalue weighted by Gasteiger charge is 2.33. The largest absolute Gasteiger partial charge is 0.474 e. The molecule has 0 aromatic carbocycles. The van der Waals surface area contributed by atoms with Gasteiger partial charge in [0.2, 0.25) is 11.8 Å². The second-order valence-electron chi connectivity index (χ2n) is 7.84. The first-order valence-corrected chi connectivity index (χ1v) is 12.8. The van der Waals surface area contributed by atoms with Crippen LogP contribution in [0.2, 0.25) is 0 Å². The Morgan fingerprint density at radius 3 is 2.80 bits per heavy atom. The highest BCUT2D eigenvalue weighted by Crippen LogP contribution is 2.27. The van der Waals surface area contributed by atoms with E-state index < -0.39 is 10.0 Å². The van der Waals surface area contributed by atoms with Gasteiger partial charge in [-0.25, -0.2) is 13.4 Å². The molecular weight excluding hydrogens is 422 g/mol. The summed E-state index contributed by atoms with van der Waals surface area (Å²) in [5.74, 6) is 0.0938. The van der Waals surface area contributed by atoms with E-state index in [1.165, 1.54) is 28.5 Å². The number of thiophene rings is 1. The van der Waals surface area contributed by atoms with Crippen molar-refractivity contribution < 1.29 is 17.9 Å². The Morgan fingerprint density at radius 1 is 1.20 bits per heavy atom. The number of pyridine rings is 1. The molecule has 2 aromatic heterocycles. The van der Waals surface area contributed by atoms with Gasteiger partial charge in [-0.05, 0) is 56.0 Å². The molecular formula is C21H27N3O4S2. The van der Waals surface area contributed by atoms with E-state index >= 15 is 0 Å². The molecule has 1 unspecified atom stereocenters. The molecule has 30 heavy (non-hydrogen) atoms. The number of piperidine rings is 1. The fraction of sp³-hybridized carbons (Fsp3) is 0.524. The maximum absolute atomic E-state index is 12.8. The van der Waals surface area contributed by atoms with E-state index in [0.717, 1.165) is 18.4 Å². The van der Waals surface area contributed by atoms with Crippen molar-refractivity contribution in [3.63, 3.8) is 0 Å². The third-order valence-corrected chi connectivity index (χ3v) is 8.97. The Hall–Kier alpha value is -1.97. The summed E-state index contributed by atoms with van der Waals surface area (Å²) in [7, 11) is -3.53. The van der Waals surface area contributed by atoms with Gasteiger partial charge in [-0.1, -0.05) is 12.1 Å². The summed E-state index contributed by atoms with van der Waals surface area (Å²) in [5, 5.41) is 4.71. The van der Waals surface area contributed by atoms with Gasteiger partial charge in [-0.2, -0.15) is 4.31 Å². The summed E-state index contributed by atoms with van der Waals surface area (Å²) in [6, 6.07) is 7.08. The smallest absolute Gasteiger partial charge is 0.252 e. The number of rotatable bonds is 7. The Kier molecular flexibility index (Phi) is 6.70. The van der Waals surface area contributed by atoms with Crippen LogP contribution in [0.25, 0.3) is 0 Å². The van der Waals surface area contributed by atoms with E-state index in [4.69, 9.17) is 4.74 Å². The molecule has 3 heterocycles. The molecule has 162 valence electrons. The molecule has 1 aliphatic heterocycles. The van der Waals surface area contributed by atoms with E-state index in [1.54, 1.807) is 23.7 Å². The van der Waals surface area contributed by atoms with Crippen molar-refractivity contribution in [2.75, 3.05) is 13.1 Å². The summed E-state index contributed by atoms with van der Waals surface area (Å²) in [6.45, 7) is 0.986. The molecule has 1 saturated carbocycles. The fourth-order valence-corrected chi connectivity index (χ4v) is 6.74. The molecule has 2 aromatic rings. The lowest BCUT2D eigenvalue weighted by Crippen LogP contribution is -2.45. The molecule has 0 radical (unpaired) electrons. The van der Waals surface area contributed by atoms with Gasteiger partial charge < -0.3 is 10.1 Å². The first-order chi connectivity index (χ1) is 14.5. The highest BCUT2D eigenvalue weighted by atomic mass is 32.2. The SMILES string of the molecule is O=C(NCc1cccnc1OC1CCCC1)C1CCCN(S(=O)(=O)c2cccs2)C1. The summed E-state index contributed by atoms with van der Waals surface area (Å²) in [6.07, 6.45) is 7.68. The number of carbonyl (C=O) groups excluding carboxylic acids is 1. The number of ether oxygens (including phenoxy) is 1. The average molecular weight is 450 g/mol. The van der Waals surface area contributed by atoms with Gasteiger partial charge in [0.15, 0.2) is 0 Å². The van der Waals surface area contributed by atoms with Crippen LogP contribution in [0.4, 0.5) is 0 Å². The number of aromatic nitrogens is 1. The molecule has 2 fully saturated rings. The predicted molar refractivity (Wildman–Crippen MR) is 115 cm³/mol. The van der Waals surface area contributed by atoms with Crippen molar-refractivity contribution >= 4 is 27.3 Å². The van der Waals surface area contributed by atoms with E-state index in [2.05, 4.69) is 10.3 Å². The maximum atomic E-state index is 12.8. The molecule has 1 atom stereocenters. The second-order valence-corrected chi connectivity index (χ2v) is 11.0. The van der Waals surface area contributed by atoms with Crippen molar-refractivity contribution in [2.45, 2.75) is 55.4 Å². The van der Waals surface area contributed by atoms with Crippen LogP contribution in [0.1, 0.15) is 44.1 Å². The molecule has 0 bridgehead atoms. The first kappa shape index (κ1) is 21.3. The van der Waals surface area contributed by atoms with Crippen LogP contribution in [0.5, 0.6) is 5.88 Å². The van der Waals surface area contributed by atoms with Crippen LogP contribution >= 0.6 is 11.3 Å². The second kappa shape index (κ2) is 9.45. The zero-order chi connectivity index (χ0) is 21.0. The van der Waals surface area contributed by atoms with Crippen molar-refractivity contribution in [1.29, 1.82) is 0 Å². The molecule has 1 N–H and O–H groups in total. The van der Waals surface area contributed by atoms with E-state index in [9.17, 15) is 13.2 Å². The Labute approximate surface area is 181 Å². The topological polar surface area (TPSA) is 88.6 Å². The zero-order valence-corrected chi connectivity index (χ0v) is 18.5.